The van der Waals surface area contributed by atoms with Crippen molar-refractivity contribution < 1.29 is 23.9 Å². The predicted molar refractivity (Wildman–Crippen MR) is 117 cm³/mol. The van der Waals surface area contributed by atoms with Crippen LogP contribution in [0.3, 0.4) is 0 Å². The Morgan fingerprint density at radius 3 is 2.65 bits per heavy atom. The molecular formula is C23H27N3O5. The Hall–Kier alpha value is -3.55. The number of alkyl carbamates (subject to hydrolysis) is 1. The van der Waals surface area contributed by atoms with Gasteiger partial charge in [0.1, 0.15) is 18.4 Å². The summed E-state index contributed by atoms with van der Waals surface area (Å²) in [6, 6.07) is 13.5. The Labute approximate surface area is 181 Å². The van der Waals surface area contributed by atoms with Crippen LogP contribution >= 0.6 is 0 Å². The topological polar surface area (TPSA) is 106 Å². The second kappa shape index (κ2) is 9.97. The molecule has 1 heterocycles. The molecule has 31 heavy (non-hydrogen) atoms. The first-order valence-corrected chi connectivity index (χ1v) is 10.3. The van der Waals surface area contributed by atoms with E-state index in [1.165, 1.54) is 0 Å². The summed E-state index contributed by atoms with van der Waals surface area (Å²) < 4.78 is 10.8. The van der Waals surface area contributed by atoms with Crippen LogP contribution < -0.4 is 20.7 Å². The lowest BCUT2D eigenvalue weighted by Crippen LogP contribution is -2.47. The summed E-state index contributed by atoms with van der Waals surface area (Å²) >= 11 is 0. The molecule has 3 rings (SSSR count). The molecule has 2 aromatic rings. The second-order valence-electron chi connectivity index (χ2n) is 7.52. The standard InChI is InChI=1S/C23H27N3O5/c1-4-14(2)20(26-23(29)30-13-16-8-6-5-7-9-16)22(28)24-17-10-11-19-18(12-17)25-21(27)15(3)31-19/h5-12,14-15,20H,4,13H2,1-3H3,(H,24,28)(H,25,27)(H,26,29)/t14-,15-,20+/m0/s1. The van der Waals surface area contributed by atoms with Crippen molar-refractivity contribution in [3.05, 3.63) is 54.1 Å². The second-order valence-corrected chi connectivity index (χ2v) is 7.52. The summed E-state index contributed by atoms with van der Waals surface area (Å²) in [5, 5.41) is 8.21. The Morgan fingerprint density at radius 2 is 1.94 bits per heavy atom. The zero-order valence-corrected chi connectivity index (χ0v) is 17.8. The monoisotopic (exact) mass is 425 g/mol. The number of nitrogens with one attached hydrogen (secondary N) is 3. The third-order valence-corrected chi connectivity index (χ3v) is 5.16. The molecule has 0 saturated carbocycles. The van der Waals surface area contributed by atoms with Gasteiger partial charge >= 0.3 is 6.09 Å². The SMILES string of the molecule is CC[C@H](C)[C@@H](NC(=O)OCc1ccccc1)C(=O)Nc1ccc2c(c1)NC(=O)[C@H](C)O2. The maximum Gasteiger partial charge on any atom is 0.408 e. The van der Waals surface area contributed by atoms with E-state index in [4.69, 9.17) is 9.47 Å². The number of fused-ring (bicyclic) bond motifs is 1. The highest BCUT2D eigenvalue weighted by atomic mass is 16.5. The van der Waals surface area contributed by atoms with Gasteiger partial charge in [0, 0.05) is 5.69 Å². The third kappa shape index (κ3) is 5.75. The average molecular weight is 425 g/mol. The first-order valence-electron chi connectivity index (χ1n) is 10.3. The predicted octanol–water partition coefficient (Wildman–Crippen LogP) is 3.69. The number of hydrogen-bond acceptors (Lipinski definition) is 5. The van der Waals surface area contributed by atoms with Crippen LogP contribution in [0.25, 0.3) is 0 Å². The van der Waals surface area contributed by atoms with Gasteiger partial charge in [-0.25, -0.2) is 4.79 Å². The molecule has 0 saturated heterocycles. The van der Waals surface area contributed by atoms with Gasteiger partial charge in [-0.05, 0) is 36.6 Å². The lowest BCUT2D eigenvalue weighted by Gasteiger charge is -2.25. The molecule has 3 atom stereocenters. The Morgan fingerprint density at radius 1 is 1.19 bits per heavy atom. The van der Waals surface area contributed by atoms with E-state index in [2.05, 4.69) is 16.0 Å². The normalized spacial score (nSPS) is 16.7. The number of carbonyl (C=O) groups excluding carboxylic acids is 3. The van der Waals surface area contributed by atoms with Crippen LogP contribution in [0.15, 0.2) is 48.5 Å². The summed E-state index contributed by atoms with van der Waals surface area (Å²) in [7, 11) is 0. The largest absolute Gasteiger partial charge is 0.479 e. The Bertz CT molecular complexity index is 947. The molecule has 0 spiro atoms. The van der Waals surface area contributed by atoms with E-state index in [-0.39, 0.29) is 24.3 Å². The summed E-state index contributed by atoms with van der Waals surface area (Å²) in [6.45, 7) is 5.59. The summed E-state index contributed by atoms with van der Waals surface area (Å²) in [5.74, 6) is -0.212. The van der Waals surface area contributed by atoms with Crippen LogP contribution in [0.2, 0.25) is 0 Å². The maximum atomic E-state index is 12.9. The molecule has 8 nitrogen and oxygen atoms in total. The van der Waals surface area contributed by atoms with Gasteiger partial charge in [-0.1, -0.05) is 50.6 Å². The fourth-order valence-corrected chi connectivity index (χ4v) is 3.10. The highest BCUT2D eigenvalue weighted by molar-refractivity contribution is 6.00. The quantitative estimate of drug-likeness (QED) is 0.627. The zero-order chi connectivity index (χ0) is 22.4. The zero-order valence-electron chi connectivity index (χ0n) is 17.8. The number of rotatable bonds is 7. The molecule has 1 aliphatic rings. The van der Waals surface area contributed by atoms with E-state index in [0.717, 1.165) is 5.56 Å². The molecule has 164 valence electrons. The minimum atomic E-state index is -0.782. The van der Waals surface area contributed by atoms with Gasteiger partial charge in [-0.2, -0.15) is 0 Å². The third-order valence-electron chi connectivity index (χ3n) is 5.16. The molecule has 0 radical (unpaired) electrons. The van der Waals surface area contributed by atoms with E-state index in [0.29, 0.717) is 23.5 Å². The minimum absolute atomic E-state index is 0.116. The van der Waals surface area contributed by atoms with Crippen LogP contribution in [0, 0.1) is 5.92 Å². The Kier molecular flexibility index (Phi) is 7.12. The molecule has 2 aromatic carbocycles. The van der Waals surface area contributed by atoms with Gasteiger partial charge in [-0.3, -0.25) is 9.59 Å². The average Bonchev–Trinajstić information content (AvgIpc) is 2.77. The van der Waals surface area contributed by atoms with E-state index in [1.807, 2.05) is 44.2 Å². The van der Waals surface area contributed by atoms with Crippen LogP contribution in [0.4, 0.5) is 16.2 Å². The van der Waals surface area contributed by atoms with Crippen molar-refractivity contribution in [2.24, 2.45) is 5.92 Å². The van der Waals surface area contributed by atoms with E-state index < -0.39 is 18.2 Å². The van der Waals surface area contributed by atoms with E-state index in [9.17, 15) is 14.4 Å². The minimum Gasteiger partial charge on any atom is -0.479 e. The molecule has 0 fully saturated rings. The van der Waals surface area contributed by atoms with Crippen LogP contribution in [-0.4, -0.2) is 30.1 Å². The van der Waals surface area contributed by atoms with Crippen molar-refractivity contribution in [2.45, 2.75) is 45.9 Å². The van der Waals surface area contributed by atoms with Crippen LogP contribution in [0.5, 0.6) is 5.75 Å². The highest BCUT2D eigenvalue weighted by Gasteiger charge is 2.28. The van der Waals surface area contributed by atoms with Crippen LogP contribution in [-0.2, 0) is 20.9 Å². The van der Waals surface area contributed by atoms with Crippen molar-refractivity contribution in [1.29, 1.82) is 0 Å². The lowest BCUT2D eigenvalue weighted by atomic mass is 9.98. The van der Waals surface area contributed by atoms with Gasteiger partial charge in [0.15, 0.2) is 6.10 Å². The van der Waals surface area contributed by atoms with Crippen molar-refractivity contribution in [2.75, 3.05) is 10.6 Å². The number of benzene rings is 2. The van der Waals surface area contributed by atoms with Crippen molar-refractivity contribution in [3.8, 4) is 5.75 Å². The first-order chi connectivity index (χ1) is 14.9. The van der Waals surface area contributed by atoms with Gasteiger partial charge in [0.25, 0.3) is 5.91 Å². The molecular weight excluding hydrogens is 398 g/mol. The number of hydrogen-bond donors (Lipinski definition) is 3. The molecule has 0 bridgehead atoms. The maximum absolute atomic E-state index is 12.9. The molecule has 3 amide bonds. The van der Waals surface area contributed by atoms with Crippen LogP contribution in [0.1, 0.15) is 32.8 Å². The molecule has 0 unspecified atom stereocenters. The highest BCUT2D eigenvalue weighted by Crippen LogP contribution is 2.32. The molecule has 3 N–H and O–H groups in total. The van der Waals surface area contributed by atoms with Crippen molar-refractivity contribution in [3.63, 3.8) is 0 Å². The van der Waals surface area contributed by atoms with Crippen molar-refractivity contribution in [1.82, 2.24) is 5.32 Å². The number of carbonyl (C=O) groups is 3. The first kappa shape index (κ1) is 22.1. The van der Waals surface area contributed by atoms with Gasteiger partial charge < -0.3 is 25.4 Å². The van der Waals surface area contributed by atoms with E-state index >= 15 is 0 Å². The smallest absolute Gasteiger partial charge is 0.408 e. The fourth-order valence-electron chi connectivity index (χ4n) is 3.10. The fraction of sp³-hybridized carbons (Fsp3) is 0.348. The molecule has 1 aliphatic heterocycles. The van der Waals surface area contributed by atoms with Gasteiger partial charge in [0.05, 0.1) is 5.69 Å². The number of ether oxygens (including phenoxy) is 2. The summed E-state index contributed by atoms with van der Waals surface area (Å²) in [4.78, 5) is 37.0. The van der Waals surface area contributed by atoms with Gasteiger partial charge in [-0.15, -0.1) is 0 Å². The van der Waals surface area contributed by atoms with Gasteiger partial charge in [0.2, 0.25) is 5.91 Å². The summed E-state index contributed by atoms with van der Waals surface area (Å²) in [5.41, 5.74) is 1.82. The van der Waals surface area contributed by atoms with E-state index in [1.54, 1.807) is 25.1 Å². The number of anilines is 2. The summed E-state index contributed by atoms with van der Waals surface area (Å²) in [6.07, 6.45) is -0.554. The van der Waals surface area contributed by atoms with Crippen molar-refractivity contribution >= 4 is 29.3 Å². The number of amides is 3. The molecule has 0 aliphatic carbocycles. The lowest BCUT2D eigenvalue weighted by molar-refractivity contribution is -0.122. The molecule has 8 heteroatoms. The Balaban J connectivity index is 1.64. The molecule has 0 aromatic heterocycles.